The highest BCUT2D eigenvalue weighted by Gasteiger charge is 2.25. The lowest BCUT2D eigenvalue weighted by molar-refractivity contribution is -0.139. The van der Waals surface area contributed by atoms with E-state index >= 15 is 0 Å². The number of carbonyl (C=O) groups excluding carboxylic acids is 1. The summed E-state index contributed by atoms with van der Waals surface area (Å²) in [5.74, 6) is -2.14. The SMILES string of the molecule is CC(C)(C)OC(=O)N[C@@H](Cc1ccc(B(O)O)cc1F)C(=O)O. The van der Waals surface area contributed by atoms with Crippen LogP contribution in [0.25, 0.3) is 0 Å². The van der Waals surface area contributed by atoms with Crippen molar-refractivity contribution >= 4 is 24.6 Å². The Morgan fingerprint density at radius 2 is 1.96 bits per heavy atom. The highest BCUT2D eigenvalue weighted by Crippen LogP contribution is 2.11. The summed E-state index contributed by atoms with van der Waals surface area (Å²) in [7, 11) is -1.83. The van der Waals surface area contributed by atoms with Gasteiger partial charge in [-0.1, -0.05) is 12.1 Å². The first-order valence-corrected chi connectivity index (χ1v) is 6.86. The van der Waals surface area contributed by atoms with Gasteiger partial charge in [-0.2, -0.15) is 0 Å². The van der Waals surface area contributed by atoms with E-state index in [2.05, 4.69) is 5.32 Å². The number of hydrogen-bond donors (Lipinski definition) is 4. The lowest BCUT2D eigenvalue weighted by Crippen LogP contribution is -2.44. The molecule has 0 aliphatic carbocycles. The molecule has 1 atom stereocenters. The molecule has 23 heavy (non-hydrogen) atoms. The van der Waals surface area contributed by atoms with Crippen molar-refractivity contribution in [1.29, 1.82) is 0 Å². The topological polar surface area (TPSA) is 116 Å². The highest BCUT2D eigenvalue weighted by atomic mass is 19.1. The van der Waals surface area contributed by atoms with Crippen LogP contribution < -0.4 is 10.8 Å². The van der Waals surface area contributed by atoms with E-state index in [1.54, 1.807) is 20.8 Å². The van der Waals surface area contributed by atoms with Crippen LogP contribution in [0.5, 0.6) is 0 Å². The van der Waals surface area contributed by atoms with Gasteiger partial charge in [-0.05, 0) is 37.9 Å². The van der Waals surface area contributed by atoms with Crippen molar-refractivity contribution in [2.75, 3.05) is 0 Å². The minimum absolute atomic E-state index is 0.0119. The minimum Gasteiger partial charge on any atom is -0.480 e. The molecule has 126 valence electrons. The van der Waals surface area contributed by atoms with Gasteiger partial charge < -0.3 is 25.2 Å². The van der Waals surface area contributed by atoms with Gasteiger partial charge in [0, 0.05) is 6.42 Å². The number of amides is 1. The van der Waals surface area contributed by atoms with Crippen LogP contribution in [-0.2, 0) is 16.0 Å². The molecule has 0 saturated heterocycles. The molecule has 9 heteroatoms. The number of carboxylic acids is 1. The largest absolute Gasteiger partial charge is 0.488 e. The van der Waals surface area contributed by atoms with E-state index in [9.17, 15) is 14.0 Å². The Balaban J connectivity index is 2.85. The Bertz CT molecular complexity index is 587. The van der Waals surface area contributed by atoms with Crippen molar-refractivity contribution in [1.82, 2.24) is 5.32 Å². The van der Waals surface area contributed by atoms with Crippen LogP contribution in [-0.4, -0.2) is 46.0 Å². The van der Waals surface area contributed by atoms with E-state index in [1.165, 1.54) is 12.1 Å². The fourth-order valence-corrected chi connectivity index (χ4v) is 1.76. The predicted octanol–water partition coefficient (Wildman–Crippen LogP) is 0.0259. The second-order valence-electron chi connectivity index (χ2n) is 5.97. The monoisotopic (exact) mass is 327 g/mol. The normalized spacial score (nSPS) is 12.4. The fourth-order valence-electron chi connectivity index (χ4n) is 1.76. The number of benzene rings is 1. The average Bonchev–Trinajstić information content (AvgIpc) is 2.37. The van der Waals surface area contributed by atoms with Crippen LogP contribution in [0.2, 0.25) is 0 Å². The van der Waals surface area contributed by atoms with Gasteiger partial charge in [0.05, 0.1) is 0 Å². The molecule has 1 aromatic carbocycles. The number of halogens is 1. The van der Waals surface area contributed by atoms with E-state index in [-0.39, 0.29) is 17.4 Å². The summed E-state index contributed by atoms with van der Waals surface area (Å²) in [6.45, 7) is 4.88. The molecule has 0 aromatic heterocycles. The maximum atomic E-state index is 13.9. The number of aliphatic carboxylic acids is 1. The average molecular weight is 327 g/mol. The third kappa shape index (κ3) is 6.25. The summed E-state index contributed by atoms with van der Waals surface area (Å²) < 4.78 is 18.8. The molecule has 0 aliphatic rings. The summed E-state index contributed by atoms with van der Waals surface area (Å²) in [5.41, 5.74) is -0.840. The first kappa shape index (κ1) is 18.9. The molecule has 4 N–H and O–H groups in total. The van der Waals surface area contributed by atoms with Gasteiger partial charge >= 0.3 is 19.2 Å². The maximum absolute atomic E-state index is 13.9. The fraction of sp³-hybridized carbons (Fsp3) is 0.429. The number of carbonyl (C=O) groups is 2. The van der Waals surface area contributed by atoms with Crippen LogP contribution in [0, 0.1) is 5.82 Å². The van der Waals surface area contributed by atoms with Crippen molar-refractivity contribution in [2.45, 2.75) is 38.8 Å². The Hall–Kier alpha value is -2.13. The maximum Gasteiger partial charge on any atom is 0.488 e. The van der Waals surface area contributed by atoms with E-state index < -0.39 is 36.6 Å². The van der Waals surface area contributed by atoms with Gasteiger partial charge in [0.2, 0.25) is 0 Å². The second kappa shape index (κ2) is 7.43. The van der Waals surface area contributed by atoms with Crippen LogP contribution in [0.1, 0.15) is 26.3 Å². The Kier molecular flexibility index (Phi) is 6.11. The molecule has 7 nitrogen and oxygen atoms in total. The second-order valence-corrected chi connectivity index (χ2v) is 5.97. The Morgan fingerprint density at radius 1 is 1.35 bits per heavy atom. The van der Waals surface area contributed by atoms with Gasteiger partial charge in [-0.3, -0.25) is 0 Å². The minimum atomic E-state index is -1.83. The molecule has 0 bridgehead atoms. The summed E-state index contributed by atoms with van der Waals surface area (Å²) in [6.07, 6.45) is -1.24. The van der Waals surface area contributed by atoms with Crippen molar-refractivity contribution in [3.63, 3.8) is 0 Å². The first-order valence-electron chi connectivity index (χ1n) is 6.86. The molecule has 0 fully saturated rings. The molecule has 0 saturated carbocycles. The van der Waals surface area contributed by atoms with E-state index in [0.717, 1.165) is 6.07 Å². The van der Waals surface area contributed by atoms with Crippen molar-refractivity contribution in [2.24, 2.45) is 0 Å². The molecular formula is C14H19BFNO6. The van der Waals surface area contributed by atoms with Crippen molar-refractivity contribution in [3.8, 4) is 0 Å². The molecule has 1 rings (SSSR count). The van der Waals surface area contributed by atoms with Crippen LogP contribution in [0.15, 0.2) is 18.2 Å². The van der Waals surface area contributed by atoms with Gasteiger partial charge in [0.1, 0.15) is 17.5 Å². The number of rotatable bonds is 5. The molecule has 0 spiro atoms. The van der Waals surface area contributed by atoms with Gasteiger partial charge in [-0.25, -0.2) is 14.0 Å². The number of hydrogen-bond acceptors (Lipinski definition) is 5. The van der Waals surface area contributed by atoms with Gasteiger partial charge in [0.25, 0.3) is 0 Å². The standard InChI is InChI=1S/C14H19BFNO6/c1-14(2,3)23-13(20)17-11(12(18)19)6-8-4-5-9(15(21)22)7-10(8)16/h4-5,7,11,21-22H,6H2,1-3H3,(H,17,20)(H,18,19)/t11-/m0/s1. The van der Waals surface area contributed by atoms with Gasteiger partial charge in [-0.15, -0.1) is 0 Å². The lowest BCUT2D eigenvalue weighted by Gasteiger charge is -2.22. The number of alkyl carbamates (subject to hydrolysis) is 1. The first-order chi connectivity index (χ1) is 10.5. The molecular weight excluding hydrogens is 308 g/mol. The molecule has 1 amide bonds. The molecule has 0 unspecified atom stereocenters. The third-order valence-corrected chi connectivity index (χ3v) is 2.79. The quantitative estimate of drug-likeness (QED) is 0.567. The Morgan fingerprint density at radius 3 is 2.39 bits per heavy atom. The van der Waals surface area contributed by atoms with E-state index in [1.807, 2.05) is 0 Å². The van der Waals surface area contributed by atoms with Gasteiger partial charge in [0.15, 0.2) is 0 Å². The summed E-state index contributed by atoms with van der Waals surface area (Å²) in [4.78, 5) is 22.9. The third-order valence-electron chi connectivity index (χ3n) is 2.79. The number of carboxylic acid groups (broad SMARTS) is 1. The summed E-state index contributed by atoms with van der Waals surface area (Å²) in [5, 5.41) is 29.2. The smallest absolute Gasteiger partial charge is 0.480 e. The van der Waals surface area contributed by atoms with Crippen LogP contribution >= 0.6 is 0 Å². The number of ether oxygens (including phenoxy) is 1. The zero-order valence-electron chi connectivity index (χ0n) is 13.0. The molecule has 0 aliphatic heterocycles. The predicted molar refractivity (Wildman–Crippen MR) is 80.7 cm³/mol. The summed E-state index contributed by atoms with van der Waals surface area (Å²) >= 11 is 0. The van der Waals surface area contributed by atoms with Crippen molar-refractivity contribution in [3.05, 3.63) is 29.6 Å². The molecule has 1 aromatic rings. The van der Waals surface area contributed by atoms with E-state index in [0.29, 0.717) is 0 Å². The van der Waals surface area contributed by atoms with Crippen molar-refractivity contribution < 1.29 is 33.9 Å². The number of nitrogens with one attached hydrogen (secondary N) is 1. The lowest BCUT2D eigenvalue weighted by atomic mass is 9.79. The summed E-state index contributed by atoms with van der Waals surface area (Å²) in [6, 6.07) is 2.00. The highest BCUT2D eigenvalue weighted by molar-refractivity contribution is 6.58. The Labute approximate surface area is 133 Å². The zero-order chi connectivity index (χ0) is 17.8. The van der Waals surface area contributed by atoms with E-state index in [4.69, 9.17) is 19.9 Å². The van der Waals surface area contributed by atoms with Crippen LogP contribution in [0.4, 0.5) is 9.18 Å². The molecule has 0 radical (unpaired) electrons. The van der Waals surface area contributed by atoms with Crippen LogP contribution in [0.3, 0.4) is 0 Å². The molecule has 0 heterocycles. The zero-order valence-corrected chi connectivity index (χ0v) is 13.0.